The molecule has 1 unspecified atom stereocenters. The highest BCUT2D eigenvalue weighted by Gasteiger charge is 2.16. The fraction of sp³-hybridized carbons (Fsp3) is 0.300. The van der Waals surface area contributed by atoms with Crippen molar-refractivity contribution in [3.8, 4) is 0 Å². The van der Waals surface area contributed by atoms with Gasteiger partial charge in [0.1, 0.15) is 5.38 Å². The molecule has 0 radical (unpaired) electrons. The maximum atomic E-state index is 11.1. The average Bonchev–Trinajstić information content (AvgIpc) is 2.16. The van der Waals surface area contributed by atoms with Gasteiger partial charge >= 0.3 is 0 Å². The summed E-state index contributed by atoms with van der Waals surface area (Å²) >= 11 is 11.7. The van der Waals surface area contributed by atoms with Crippen LogP contribution < -0.4 is 5.73 Å². The molecule has 0 saturated heterocycles. The van der Waals surface area contributed by atoms with E-state index in [9.17, 15) is 4.79 Å². The first kappa shape index (κ1) is 11.3. The minimum absolute atomic E-state index is 0.108. The molecule has 0 bridgehead atoms. The van der Waals surface area contributed by atoms with Gasteiger partial charge in [-0.05, 0) is 30.2 Å². The highest BCUT2D eigenvalue weighted by Crippen LogP contribution is 2.27. The third-order valence-corrected chi connectivity index (χ3v) is 2.77. The minimum Gasteiger partial charge on any atom is -0.399 e. The lowest BCUT2D eigenvalue weighted by Crippen LogP contribution is -2.05. The number of ketones is 1. The van der Waals surface area contributed by atoms with E-state index < -0.39 is 5.38 Å². The normalized spacial score (nSPS) is 12.5. The predicted molar refractivity (Wildman–Crippen MR) is 59.7 cm³/mol. The number of carbonyl (C=O) groups excluding carboxylic acids is 1. The molecule has 0 saturated carbocycles. The quantitative estimate of drug-likeness (QED) is 0.643. The van der Waals surface area contributed by atoms with Gasteiger partial charge in [0, 0.05) is 11.6 Å². The Morgan fingerprint density at radius 1 is 1.57 bits per heavy atom. The molecule has 0 spiro atoms. The maximum Gasteiger partial charge on any atom is 0.152 e. The van der Waals surface area contributed by atoms with E-state index in [0.29, 0.717) is 17.1 Å². The Kier molecular flexibility index (Phi) is 3.78. The van der Waals surface area contributed by atoms with E-state index in [0.717, 1.165) is 5.56 Å². The van der Waals surface area contributed by atoms with Gasteiger partial charge in [-0.15, -0.1) is 23.2 Å². The molecule has 0 aromatic heterocycles. The lowest BCUT2D eigenvalue weighted by molar-refractivity contribution is -0.116. The van der Waals surface area contributed by atoms with Crippen LogP contribution in [0.25, 0.3) is 0 Å². The van der Waals surface area contributed by atoms with Crippen LogP contribution in [0.5, 0.6) is 0 Å². The van der Waals surface area contributed by atoms with Gasteiger partial charge in [0.2, 0.25) is 0 Å². The summed E-state index contributed by atoms with van der Waals surface area (Å²) in [4.78, 5) is 11.1. The predicted octanol–water partition coefficient (Wildman–Crippen LogP) is 2.88. The Balaban J connectivity index is 3.16. The smallest absolute Gasteiger partial charge is 0.152 e. The number of anilines is 1. The van der Waals surface area contributed by atoms with E-state index >= 15 is 0 Å². The van der Waals surface area contributed by atoms with Gasteiger partial charge in [-0.25, -0.2) is 0 Å². The van der Waals surface area contributed by atoms with E-state index in [1.54, 1.807) is 18.2 Å². The van der Waals surface area contributed by atoms with E-state index in [1.807, 2.05) is 0 Å². The molecule has 1 rings (SSSR count). The number of hydrogen-bond donors (Lipinski definition) is 1. The zero-order valence-corrected chi connectivity index (χ0v) is 9.27. The molecule has 76 valence electrons. The SMILES string of the molecule is CC(=O)C(Cl)c1cc(N)ccc1CCl. The number of rotatable bonds is 3. The van der Waals surface area contributed by atoms with Gasteiger partial charge in [-0.1, -0.05) is 6.07 Å². The number of Topliss-reactive ketones (excluding diaryl/α,β-unsaturated/α-hetero) is 1. The van der Waals surface area contributed by atoms with Crippen molar-refractivity contribution in [2.75, 3.05) is 5.73 Å². The summed E-state index contributed by atoms with van der Waals surface area (Å²) < 4.78 is 0. The van der Waals surface area contributed by atoms with Crippen molar-refractivity contribution in [2.24, 2.45) is 0 Å². The number of nitrogens with two attached hydrogens (primary N) is 1. The molecule has 1 atom stereocenters. The average molecular weight is 232 g/mol. The van der Waals surface area contributed by atoms with Crippen LogP contribution in [-0.2, 0) is 10.7 Å². The Bertz CT molecular complexity index is 352. The number of nitrogen functional groups attached to an aromatic ring is 1. The first-order chi connectivity index (χ1) is 6.56. The maximum absolute atomic E-state index is 11.1. The zero-order chi connectivity index (χ0) is 10.7. The summed E-state index contributed by atoms with van der Waals surface area (Å²) in [5.41, 5.74) is 7.74. The highest BCUT2D eigenvalue weighted by molar-refractivity contribution is 6.31. The van der Waals surface area contributed by atoms with Gasteiger partial charge in [-0.2, -0.15) is 0 Å². The second kappa shape index (κ2) is 4.67. The number of benzene rings is 1. The lowest BCUT2D eigenvalue weighted by atomic mass is 10.0. The highest BCUT2D eigenvalue weighted by atomic mass is 35.5. The molecule has 0 heterocycles. The Morgan fingerprint density at radius 2 is 2.21 bits per heavy atom. The Morgan fingerprint density at radius 3 is 2.71 bits per heavy atom. The first-order valence-electron chi connectivity index (χ1n) is 4.15. The topological polar surface area (TPSA) is 43.1 Å². The third-order valence-electron chi connectivity index (χ3n) is 1.94. The Labute approximate surface area is 93.0 Å². The molecule has 1 aromatic carbocycles. The fourth-order valence-electron chi connectivity index (χ4n) is 1.19. The molecular formula is C10H11Cl2NO. The van der Waals surface area contributed by atoms with Crippen molar-refractivity contribution in [1.82, 2.24) is 0 Å². The first-order valence-corrected chi connectivity index (χ1v) is 5.12. The van der Waals surface area contributed by atoms with Gasteiger partial charge in [0.25, 0.3) is 0 Å². The van der Waals surface area contributed by atoms with Crippen LogP contribution in [-0.4, -0.2) is 5.78 Å². The minimum atomic E-state index is -0.660. The summed E-state index contributed by atoms with van der Waals surface area (Å²) in [5.74, 6) is 0.218. The van der Waals surface area contributed by atoms with Crippen LogP contribution >= 0.6 is 23.2 Å². The zero-order valence-electron chi connectivity index (χ0n) is 7.76. The summed E-state index contributed by atoms with van der Waals surface area (Å²) in [6.45, 7) is 1.44. The van der Waals surface area contributed by atoms with Gasteiger partial charge in [0.05, 0.1) is 0 Å². The van der Waals surface area contributed by atoms with Gasteiger partial charge in [0.15, 0.2) is 5.78 Å². The van der Waals surface area contributed by atoms with Crippen LogP contribution in [0.15, 0.2) is 18.2 Å². The molecule has 0 fully saturated rings. The van der Waals surface area contributed by atoms with E-state index in [1.165, 1.54) is 6.92 Å². The van der Waals surface area contributed by atoms with Crippen molar-refractivity contribution in [3.05, 3.63) is 29.3 Å². The number of alkyl halides is 2. The van der Waals surface area contributed by atoms with Crippen LogP contribution in [0.3, 0.4) is 0 Å². The van der Waals surface area contributed by atoms with E-state index in [-0.39, 0.29) is 5.78 Å². The third kappa shape index (κ3) is 2.40. The van der Waals surface area contributed by atoms with Crippen LogP contribution in [0.1, 0.15) is 23.4 Å². The summed E-state index contributed by atoms with van der Waals surface area (Å²) in [6.07, 6.45) is 0. The molecule has 1 aromatic rings. The molecule has 0 amide bonds. The second-order valence-electron chi connectivity index (χ2n) is 3.07. The Hall–Kier alpha value is -0.730. The largest absolute Gasteiger partial charge is 0.399 e. The van der Waals surface area contributed by atoms with E-state index in [4.69, 9.17) is 28.9 Å². The second-order valence-corrected chi connectivity index (χ2v) is 3.77. The van der Waals surface area contributed by atoms with Gasteiger partial charge < -0.3 is 5.73 Å². The van der Waals surface area contributed by atoms with Crippen molar-refractivity contribution >= 4 is 34.7 Å². The number of halogens is 2. The molecule has 0 aliphatic rings. The summed E-state index contributed by atoms with van der Waals surface area (Å²) in [7, 11) is 0. The van der Waals surface area contributed by atoms with Crippen molar-refractivity contribution < 1.29 is 4.79 Å². The summed E-state index contributed by atoms with van der Waals surface area (Å²) in [5, 5.41) is -0.660. The fourth-order valence-corrected chi connectivity index (χ4v) is 1.64. The van der Waals surface area contributed by atoms with Gasteiger partial charge in [-0.3, -0.25) is 4.79 Å². The van der Waals surface area contributed by atoms with Crippen LogP contribution in [0, 0.1) is 0 Å². The molecular weight excluding hydrogens is 221 g/mol. The molecule has 2 nitrogen and oxygen atoms in total. The lowest BCUT2D eigenvalue weighted by Gasteiger charge is -2.11. The van der Waals surface area contributed by atoms with Crippen LogP contribution in [0.4, 0.5) is 5.69 Å². The monoisotopic (exact) mass is 231 g/mol. The van der Waals surface area contributed by atoms with Crippen molar-refractivity contribution in [3.63, 3.8) is 0 Å². The molecule has 0 aliphatic heterocycles. The molecule has 4 heteroatoms. The van der Waals surface area contributed by atoms with E-state index in [2.05, 4.69) is 0 Å². The van der Waals surface area contributed by atoms with Crippen molar-refractivity contribution in [1.29, 1.82) is 0 Å². The molecule has 2 N–H and O–H groups in total. The van der Waals surface area contributed by atoms with Crippen molar-refractivity contribution in [2.45, 2.75) is 18.2 Å². The number of hydrogen-bond acceptors (Lipinski definition) is 2. The van der Waals surface area contributed by atoms with Crippen LogP contribution in [0.2, 0.25) is 0 Å². The summed E-state index contributed by atoms with van der Waals surface area (Å²) in [6, 6.07) is 5.22. The standard InChI is InChI=1S/C10H11Cl2NO/c1-6(14)10(12)9-4-8(13)3-2-7(9)5-11/h2-4,10H,5,13H2,1H3. The molecule has 0 aliphatic carbocycles. The molecule has 14 heavy (non-hydrogen) atoms. The number of carbonyl (C=O) groups is 1.